The van der Waals surface area contributed by atoms with Crippen molar-refractivity contribution in [2.75, 3.05) is 0 Å². The number of allylic oxidation sites excluding steroid dienone is 5. The highest BCUT2D eigenvalue weighted by molar-refractivity contribution is 5.76. The summed E-state index contributed by atoms with van der Waals surface area (Å²) in [4.78, 5) is 0. The zero-order valence-corrected chi connectivity index (χ0v) is 17.8. The first kappa shape index (κ1) is 21.2. The Labute approximate surface area is 178 Å². The van der Waals surface area contributed by atoms with Gasteiger partial charge in [0.15, 0.2) is 17.5 Å². The summed E-state index contributed by atoms with van der Waals surface area (Å²) in [7, 11) is 0. The van der Waals surface area contributed by atoms with Crippen LogP contribution in [0.3, 0.4) is 0 Å². The van der Waals surface area contributed by atoms with Gasteiger partial charge in [-0.05, 0) is 103 Å². The normalized spacial score (nSPS) is 29.3. The highest BCUT2D eigenvalue weighted by Gasteiger charge is 2.31. The minimum atomic E-state index is -1.43. The molecule has 0 heterocycles. The molecule has 0 aromatic heterocycles. The second-order valence-corrected chi connectivity index (χ2v) is 9.30. The van der Waals surface area contributed by atoms with Crippen LogP contribution < -0.4 is 0 Å². The maximum Gasteiger partial charge on any atom is 0.194 e. The van der Waals surface area contributed by atoms with Crippen LogP contribution >= 0.6 is 0 Å². The molecule has 30 heavy (non-hydrogen) atoms. The van der Waals surface area contributed by atoms with Gasteiger partial charge in [0.25, 0.3) is 0 Å². The fourth-order valence-corrected chi connectivity index (χ4v) is 5.66. The molecule has 0 atom stereocenters. The lowest BCUT2D eigenvalue weighted by atomic mass is 9.68. The Kier molecular flexibility index (Phi) is 6.68. The van der Waals surface area contributed by atoms with Crippen molar-refractivity contribution in [2.45, 2.75) is 64.7 Å². The summed E-state index contributed by atoms with van der Waals surface area (Å²) in [6.07, 6.45) is 19.6. The van der Waals surface area contributed by atoms with Crippen molar-refractivity contribution in [1.29, 1.82) is 0 Å². The molecule has 3 heteroatoms. The van der Waals surface area contributed by atoms with E-state index in [9.17, 15) is 13.2 Å². The lowest BCUT2D eigenvalue weighted by Crippen LogP contribution is -2.26. The van der Waals surface area contributed by atoms with Gasteiger partial charge in [-0.3, -0.25) is 0 Å². The summed E-state index contributed by atoms with van der Waals surface area (Å²) in [6.45, 7) is 2.32. The Hall–Kier alpha value is -1.99. The van der Waals surface area contributed by atoms with E-state index in [-0.39, 0.29) is 0 Å². The molecule has 1 aromatic rings. The van der Waals surface area contributed by atoms with Crippen molar-refractivity contribution in [1.82, 2.24) is 0 Å². The van der Waals surface area contributed by atoms with E-state index < -0.39 is 17.5 Å². The first-order chi connectivity index (χ1) is 14.5. The standard InChI is InChI=1S/C27H31F3/c1-2-18-6-8-21(9-7-18)23-14-12-22(13-15-23)19-4-3-5-20(11-10-19)24-16-25(28)27(30)26(29)17-24/h4-5,10-11,16-18,21-23H,2,6-9,12-15H2,1H3. The number of halogens is 3. The van der Waals surface area contributed by atoms with Crippen LogP contribution in [-0.2, 0) is 0 Å². The van der Waals surface area contributed by atoms with Gasteiger partial charge in [-0.1, -0.05) is 38.3 Å². The Morgan fingerprint density at radius 2 is 1.40 bits per heavy atom. The second kappa shape index (κ2) is 9.43. The van der Waals surface area contributed by atoms with Crippen LogP contribution in [0.5, 0.6) is 0 Å². The molecule has 0 spiro atoms. The number of hydrogen-bond donors (Lipinski definition) is 0. The Balaban J connectivity index is 1.40. The van der Waals surface area contributed by atoms with Crippen LogP contribution in [0, 0.1) is 41.1 Å². The highest BCUT2D eigenvalue weighted by Crippen LogP contribution is 2.43. The predicted molar refractivity (Wildman–Crippen MR) is 116 cm³/mol. The van der Waals surface area contributed by atoms with Crippen LogP contribution in [0.15, 0.2) is 47.7 Å². The molecular formula is C27H31F3. The molecule has 0 saturated heterocycles. The Morgan fingerprint density at radius 1 is 0.800 bits per heavy atom. The molecule has 0 amide bonds. The van der Waals surface area contributed by atoms with Crippen LogP contribution in [-0.4, -0.2) is 0 Å². The Morgan fingerprint density at radius 3 is 2.00 bits per heavy atom. The van der Waals surface area contributed by atoms with Gasteiger partial charge in [-0.25, -0.2) is 13.2 Å². The number of rotatable bonds is 4. The summed E-state index contributed by atoms with van der Waals surface area (Å²) in [5, 5.41) is 0. The minimum absolute atomic E-state index is 0.330. The third-order valence-corrected chi connectivity index (χ3v) is 7.64. The van der Waals surface area contributed by atoms with Gasteiger partial charge < -0.3 is 0 Å². The van der Waals surface area contributed by atoms with Crippen molar-refractivity contribution in [2.24, 2.45) is 23.7 Å². The van der Waals surface area contributed by atoms with E-state index in [0.717, 1.165) is 29.9 Å². The summed E-state index contributed by atoms with van der Waals surface area (Å²) in [6, 6.07) is 2.08. The third-order valence-electron chi connectivity index (χ3n) is 7.64. The van der Waals surface area contributed by atoms with Crippen molar-refractivity contribution < 1.29 is 13.2 Å². The molecule has 0 N–H and O–H groups in total. The molecule has 0 bridgehead atoms. The van der Waals surface area contributed by atoms with Gasteiger partial charge in [0.05, 0.1) is 0 Å². The quantitative estimate of drug-likeness (QED) is 0.346. The second-order valence-electron chi connectivity index (χ2n) is 9.30. The molecule has 0 unspecified atom stereocenters. The van der Waals surface area contributed by atoms with Gasteiger partial charge in [-0.15, -0.1) is 5.73 Å². The molecule has 0 radical (unpaired) electrons. The number of hydrogen-bond acceptors (Lipinski definition) is 0. The maximum absolute atomic E-state index is 13.6. The van der Waals surface area contributed by atoms with Crippen LogP contribution in [0.25, 0.3) is 5.57 Å². The molecule has 1 aromatic carbocycles. The van der Waals surface area contributed by atoms with Gasteiger partial charge in [0.1, 0.15) is 0 Å². The summed E-state index contributed by atoms with van der Waals surface area (Å²) >= 11 is 0. The molecule has 3 aliphatic carbocycles. The van der Waals surface area contributed by atoms with Crippen LogP contribution in [0.2, 0.25) is 0 Å². The maximum atomic E-state index is 13.6. The van der Waals surface area contributed by atoms with Gasteiger partial charge >= 0.3 is 0 Å². The molecule has 0 aliphatic heterocycles. The zero-order valence-electron chi connectivity index (χ0n) is 17.8. The molecule has 4 rings (SSSR count). The number of benzene rings is 1. The smallest absolute Gasteiger partial charge is 0.194 e. The molecule has 3 aliphatic rings. The van der Waals surface area contributed by atoms with E-state index in [1.165, 1.54) is 63.4 Å². The van der Waals surface area contributed by atoms with E-state index >= 15 is 0 Å². The van der Waals surface area contributed by atoms with Crippen molar-refractivity contribution in [3.8, 4) is 0 Å². The summed E-state index contributed by atoms with van der Waals surface area (Å²) in [5.41, 5.74) is 5.36. The van der Waals surface area contributed by atoms with E-state index in [1.54, 1.807) is 6.08 Å². The van der Waals surface area contributed by atoms with Crippen molar-refractivity contribution >= 4 is 5.57 Å². The van der Waals surface area contributed by atoms with Gasteiger partial charge in [0.2, 0.25) is 0 Å². The van der Waals surface area contributed by atoms with Gasteiger partial charge in [0, 0.05) is 0 Å². The van der Waals surface area contributed by atoms with Crippen LogP contribution in [0.4, 0.5) is 13.2 Å². The molecule has 0 nitrogen and oxygen atoms in total. The molecule has 2 fully saturated rings. The fourth-order valence-electron chi connectivity index (χ4n) is 5.66. The Bertz CT molecular complexity index is 862. The van der Waals surface area contributed by atoms with Gasteiger partial charge in [-0.2, -0.15) is 0 Å². The van der Waals surface area contributed by atoms with E-state index in [2.05, 4.69) is 12.7 Å². The fraction of sp³-hybridized carbons (Fsp3) is 0.519. The molecular weight excluding hydrogens is 381 g/mol. The minimum Gasteiger partial charge on any atom is -0.204 e. The molecule has 160 valence electrons. The average Bonchev–Trinajstić information content (AvgIpc) is 3.04. The van der Waals surface area contributed by atoms with E-state index in [4.69, 9.17) is 0 Å². The van der Waals surface area contributed by atoms with E-state index in [0.29, 0.717) is 17.1 Å². The monoisotopic (exact) mass is 412 g/mol. The highest BCUT2D eigenvalue weighted by atomic mass is 19.2. The van der Waals surface area contributed by atoms with Crippen molar-refractivity contribution in [3.63, 3.8) is 0 Å². The summed E-state index contributed by atoms with van der Waals surface area (Å²) in [5.74, 6) is -0.487. The lowest BCUT2D eigenvalue weighted by molar-refractivity contribution is 0.153. The summed E-state index contributed by atoms with van der Waals surface area (Å²) < 4.78 is 40.4. The van der Waals surface area contributed by atoms with Crippen molar-refractivity contribution in [3.05, 3.63) is 70.8 Å². The SMILES string of the molecule is CCC1CCC(C2CCC(C3=CC=C(c4cc(F)c(F)c(F)c4)C=C=C3)CC2)CC1. The molecule has 2 saturated carbocycles. The lowest BCUT2D eigenvalue weighted by Gasteiger charge is -2.38. The zero-order chi connectivity index (χ0) is 21.1. The van der Waals surface area contributed by atoms with Crippen LogP contribution in [0.1, 0.15) is 70.3 Å². The third kappa shape index (κ3) is 4.67. The predicted octanol–water partition coefficient (Wildman–Crippen LogP) is 8.16. The largest absolute Gasteiger partial charge is 0.204 e. The first-order valence-corrected chi connectivity index (χ1v) is 11.5. The average molecular weight is 413 g/mol. The topological polar surface area (TPSA) is 0 Å². The first-order valence-electron chi connectivity index (χ1n) is 11.5. The van der Waals surface area contributed by atoms with E-state index in [1.807, 2.05) is 18.2 Å².